The van der Waals surface area contributed by atoms with Crippen molar-refractivity contribution >= 4 is 23.6 Å². The van der Waals surface area contributed by atoms with E-state index in [1.807, 2.05) is 6.92 Å². The molecule has 0 spiro atoms. The van der Waals surface area contributed by atoms with Crippen LogP contribution in [-0.2, 0) is 14.3 Å². The summed E-state index contributed by atoms with van der Waals surface area (Å²) in [6, 6.07) is 8.83. The molecule has 3 rings (SSSR count). The zero-order chi connectivity index (χ0) is 21.0. The van der Waals surface area contributed by atoms with Gasteiger partial charge in [0.1, 0.15) is 5.82 Å². The number of anilines is 1. The Morgan fingerprint density at radius 2 is 1.97 bits per heavy atom. The molecule has 1 saturated heterocycles. The molecule has 0 saturated carbocycles. The number of likely N-dealkylation sites (tertiary alicyclic amines) is 1. The topological polar surface area (TPSA) is 93.5 Å². The van der Waals surface area contributed by atoms with Crippen LogP contribution in [0.15, 0.2) is 30.3 Å². The van der Waals surface area contributed by atoms with E-state index < -0.39 is 0 Å². The van der Waals surface area contributed by atoms with Gasteiger partial charge in [0.25, 0.3) is 5.91 Å². The molecule has 0 aliphatic carbocycles. The zero-order valence-corrected chi connectivity index (χ0v) is 17.0. The maximum atomic E-state index is 12.9. The summed E-state index contributed by atoms with van der Waals surface area (Å²) in [6.45, 7) is 6.42. The van der Waals surface area contributed by atoms with Crippen LogP contribution in [0.5, 0.6) is 0 Å². The predicted molar refractivity (Wildman–Crippen MR) is 108 cm³/mol. The Hall–Kier alpha value is -3.16. The molecule has 154 valence electrons. The molecular weight excluding hydrogens is 372 g/mol. The minimum Gasteiger partial charge on any atom is -0.466 e. The summed E-state index contributed by atoms with van der Waals surface area (Å²) in [5, 5.41) is 7.15. The van der Waals surface area contributed by atoms with E-state index in [9.17, 15) is 14.4 Å². The third kappa shape index (κ3) is 4.82. The van der Waals surface area contributed by atoms with Crippen molar-refractivity contribution in [1.82, 2.24) is 14.7 Å². The van der Waals surface area contributed by atoms with E-state index in [2.05, 4.69) is 10.4 Å². The van der Waals surface area contributed by atoms with Gasteiger partial charge in [0, 0.05) is 31.6 Å². The highest BCUT2D eigenvalue weighted by atomic mass is 16.5. The fraction of sp³-hybridized carbons (Fsp3) is 0.429. The second-order valence-corrected chi connectivity index (χ2v) is 7.15. The summed E-state index contributed by atoms with van der Waals surface area (Å²) in [7, 11) is 0. The van der Waals surface area contributed by atoms with Gasteiger partial charge in [-0.1, -0.05) is 0 Å². The van der Waals surface area contributed by atoms with E-state index in [1.165, 1.54) is 6.92 Å². The van der Waals surface area contributed by atoms with E-state index in [4.69, 9.17) is 4.74 Å². The minimum absolute atomic E-state index is 0.107. The second kappa shape index (κ2) is 8.89. The number of nitrogens with zero attached hydrogens (tertiary/aromatic N) is 3. The number of carbonyl (C=O) groups is 3. The molecule has 2 aromatic rings. The first-order chi connectivity index (χ1) is 13.9. The second-order valence-electron chi connectivity index (χ2n) is 7.15. The summed E-state index contributed by atoms with van der Waals surface area (Å²) in [4.78, 5) is 38.0. The number of piperidine rings is 1. The van der Waals surface area contributed by atoms with Crippen LogP contribution in [-0.4, -0.2) is 52.2 Å². The van der Waals surface area contributed by atoms with Crippen molar-refractivity contribution in [1.29, 1.82) is 0 Å². The quantitative estimate of drug-likeness (QED) is 0.782. The summed E-state index contributed by atoms with van der Waals surface area (Å²) in [6.07, 6.45) is 1.52. The number of nitrogens with one attached hydrogen (secondary N) is 1. The number of rotatable bonds is 5. The van der Waals surface area contributed by atoms with E-state index in [-0.39, 0.29) is 23.7 Å². The number of aryl methyl sites for hydroxylation is 1. The van der Waals surface area contributed by atoms with Gasteiger partial charge < -0.3 is 15.0 Å². The molecule has 1 aromatic carbocycles. The van der Waals surface area contributed by atoms with Crippen LogP contribution in [0.1, 0.15) is 42.7 Å². The fourth-order valence-corrected chi connectivity index (χ4v) is 3.51. The molecule has 1 N–H and O–H groups in total. The van der Waals surface area contributed by atoms with Crippen LogP contribution < -0.4 is 5.32 Å². The number of ether oxygens (including phenoxy) is 1. The Bertz CT molecular complexity index is 904. The average molecular weight is 398 g/mol. The van der Waals surface area contributed by atoms with Crippen LogP contribution in [0.2, 0.25) is 0 Å². The monoisotopic (exact) mass is 398 g/mol. The van der Waals surface area contributed by atoms with Crippen molar-refractivity contribution in [2.45, 2.75) is 33.6 Å². The van der Waals surface area contributed by atoms with Gasteiger partial charge >= 0.3 is 5.97 Å². The van der Waals surface area contributed by atoms with Gasteiger partial charge in [-0.3, -0.25) is 14.4 Å². The Morgan fingerprint density at radius 3 is 2.62 bits per heavy atom. The standard InChI is InChI=1S/C21H26N4O4/c1-4-29-21(28)17-6-5-11-24(13-17)20(27)16-7-9-18(10-8-16)25-19(22-15(3)26)12-14(2)23-25/h7-10,12,17H,4-6,11,13H2,1-3H3,(H,22,26). The molecule has 2 amide bonds. The summed E-state index contributed by atoms with van der Waals surface area (Å²) >= 11 is 0. The van der Waals surface area contributed by atoms with Gasteiger partial charge in [0.2, 0.25) is 5.91 Å². The van der Waals surface area contributed by atoms with Gasteiger partial charge in [-0.05, 0) is 51.0 Å². The van der Waals surface area contributed by atoms with Crippen LogP contribution in [0.3, 0.4) is 0 Å². The molecule has 8 heteroatoms. The molecule has 8 nitrogen and oxygen atoms in total. The van der Waals surface area contributed by atoms with E-state index in [0.717, 1.165) is 24.2 Å². The van der Waals surface area contributed by atoms with Gasteiger partial charge in [-0.25, -0.2) is 4.68 Å². The highest BCUT2D eigenvalue weighted by Crippen LogP contribution is 2.22. The van der Waals surface area contributed by atoms with Gasteiger partial charge in [-0.15, -0.1) is 0 Å². The van der Waals surface area contributed by atoms with Crippen LogP contribution >= 0.6 is 0 Å². The summed E-state index contributed by atoms with van der Waals surface area (Å²) in [5.74, 6) is -0.218. The molecule has 1 aliphatic heterocycles. The van der Waals surface area contributed by atoms with Crippen molar-refractivity contribution in [3.05, 3.63) is 41.6 Å². The van der Waals surface area contributed by atoms with Crippen LogP contribution in [0.25, 0.3) is 5.69 Å². The number of carbonyl (C=O) groups excluding carboxylic acids is 3. The lowest BCUT2D eigenvalue weighted by Crippen LogP contribution is -2.42. The molecule has 2 heterocycles. The molecular formula is C21H26N4O4. The molecule has 1 unspecified atom stereocenters. The SMILES string of the molecule is CCOC(=O)C1CCCN(C(=O)c2ccc(-n3nc(C)cc3NC(C)=O)cc2)C1. The fourth-order valence-electron chi connectivity index (χ4n) is 3.51. The summed E-state index contributed by atoms with van der Waals surface area (Å²) in [5.41, 5.74) is 2.05. The Balaban J connectivity index is 1.74. The Kier molecular flexibility index (Phi) is 6.31. The van der Waals surface area contributed by atoms with Crippen molar-refractivity contribution in [2.24, 2.45) is 5.92 Å². The van der Waals surface area contributed by atoms with Crippen LogP contribution in [0, 0.1) is 12.8 Å². The molecule has 1 aromatic heterocycles. The number of benzene rings is 1. The number of hydrogen-bond donors (Lipinski definition) is 1. The third-order valence-electron chi connectivity index (χ3n) is 4.82. The molecule has 0 bridgehead atoms. The first kappa shape index (κ1) is 20.6. The van der Waals surface area contributed by atoms with Gasteiger partial charge in [0.15, 0.2) is 0 Å². The molecule has 0 radical (unpaired) electrons. The minimum atomic E-state index is -0.265. The molecule has 1 aliphatic rings. The smallest absolute Gasteiger partial charge is 0.310 e. The lowest BCUT2D eigenvalue weighted by atomic mass is 9.97. The van der Waals surface area contributed by atoms with Crippen molar-refractivity contribution in [2.75, 3.05) is 25.0 Å². The Labute approximate surface area is 169 Å². The highest BCUT2D eigenvalue weighted by molar-refractivity contribution is 5.95. The van der Waals surface area contributed by atoms with E-state index in [1.54, 1.807) is 46.8 Å². The zero-order valence-electron chi connectivity index (χ0n) is 17.0. The lowest BCUT2D eigenvalue weighted by Gasteiger charge is -2.31. The molecule has 1 fully saturated rings. The Morgan fingerprint density at radius 1 is 1.24 bits per heavy atom. The number of amides is 2. The maximum Gasteiger partial charge on any atom is 0.310 e. The average Bonchev–Trinajstić information content (AvgIpc) is 3.07. The normalized spacial score (nSPS) is 16.4. The molecule has 1 atom stereocenters. The van der Waals surface area contributed by atoms with E-state index >= 15 is 0 Å². The van der Waals surface area contributed by atoms with E-state index in [0.29, 0.717) is 31.1 Å². The lowest BCUT2D eigenvalue weighted by molar-refractivity contribution is -0.149. The van der Waals surface area contributed by atoms with Crippen molar-refractivity contribution in [3.63, 3.8) is 0 Å². The first-order valence-corrected chi connectivity index (χ1v) is 9.79. The third-order valence-corrected chi connectivity index (χ3v) is 4.82. The number of aromatic nitrogens is 2. The van der Waals surface area contributed by atoms with Gasteiger partial charge in [-0.2, -0.15) is 5.10 Å². The van der Waals surface area contributed by atoms with Gasteiger partial charge in [0.05, 0.1) is 23.9 Å². The molecule has 29 heavy (non-hydrogen) atoms. The van der Waals surface area contributed by atoms with Crippen LogP contribution in [0.4, 0.5) is 5.82 Å². The highest BCUT2D eigenvalue weighted by Gasteiger charge is 2.29. The number of hydrogen-bond acceptors (Lipinski definition) is 5. The first-order valence-electron chi connectivity index (χ1n) is 9.79. The largest absolute Gasteiger partial charge is 0.466 e. The predicted octanol–water partition coefficient (Wildman–Crippen LogP) is 2.55. The van der Waals surface area contributed by atoms with Crippen molar-refractivity contribution in [3.8, 4) is 5.69 Å². The maximum absolute atomic E-state index is 12.9. The number of esters is 1. The summed E-state index contributed by atoms with van der Waals surface area (Å²) < 4.78 is 6.73. The van der Waals surface area contributed by atoms with Crippen molar-refractivity contribution < 1.29 is 19.1 Å².